The van der Waals surface area contributed by atoms with E-state index >= 15 is 0 Å². The standard InChI is InChI=1S/C19H18BrN3O5S/c20-14-6-4-13(5-7-14)18-22-23-19(28-18)17(21)9-8-15(24)10-12-2-1-3-16(11-12)29(25,26)27/h1-7,11,17H,8-10,21H2,(H,25,26,27)/t17-/m0/s1. The van der Waals surface area contributed by atoms with Gasteiger partial charge in [0.1, 0.15) is 5.78 Å². The molecule has 3 aromatic rings. The Hall–Kier alpha value is -2.40. The van der Waals surface area contributed by atoms with Crippen LogP contribution in [0.3, 0.4) is 0 Å². The van der Waals surface area contributed by atoms with Crippen molar-refractivity contribution in [2.75, 3.05) is 0 Å². The highest BCUT2D eigenvalue weighted by Gasteiger charge is 2.17. The van der Waals surface area contributed by atoms with Gasteiger partial charge in [-0.2, -0.15) is 8.42 Å². The Balaban J connectivity index is 1.57. The average molecular weight is 480 g/mol. The minimum atomic E-state index is -4.31. The van der Waals surface area contributed by atoms with Crippen LogP contribution in [0.15, 0.2) is 62.3 Å². The Morgan fingerprint density at radius 2 is 1.90 bits per heavy atom. The van der Waals surface area contributed by atoms with Crippen LogP contribution in [0.25, 0.3) is 11.5 Å². The molecule has 0 spiro atoms. The molecule has 1 aromatic heterocycles. The van der Waals surface area contributed by atoms with Gasteiger partial charge in [0.25, 0.3) is 10.1 Å². The Labute approximate surface area is 176 Å². The summed E-state index contributed by atoms with van der Waals surface area (Å²) in [7, 11) is -4.31. The van der Waals surface area contributed by atoms with Crippen LogP contribution in [0.5, 0.6) is 0 Å². The van der Waals surface area contributed by atoms with E-state index in [1.54, 1.807) is 6.07 Å². The SMILES string of the molecule is N[C@@H](CCC(=O)Cc1cccc(S(=O)(=O)O)c1)c1nnc(-c2ccc(Br)cc2)o1. The number of ketones is 1. The molecule has 1 atom stereocenters. The molecule has 0 bridgehead atoms. The van der Waals surface area contributed by atoms with Crippen LogP contribution >= 0.6 is 15.9 Å². The zero-order valence-corrected chi connectivity index (χ0v) is 17.6. The van der Waals surface area contributed by atoms with Crippen LogP contribution in [0.2, 0.25) is 0 Å². The van der Waals surface area contributed by atoms with Crippen molar-refractivity contribution in [2.24, 2.45) is 5.73 Å². The van der Waals surface area contributed by atoms with E-state index in [2.05, 4.69) is 26.1 Å². The Morgan fingerprint density at radius 3 is 2.59 bits per heavy atom. The minimum Gasteiger partial charge on any atom is -0.419 e. The van der Waals surface area contributed by atoms with Gasteiger partial charge in [-0.15, -0.1) is 10.2 Å². The molecule has 0 aliphatic rings. The fourth-order valence-corrected chi connectivity index (χ4v) is 3.48. The van der Waals surface area contributed by atoms with Crippen molar-refractivity contribution in [1.82, 2.24) is 10.2 Å². The Kier molecular flexibility index (Phi) is 6.58. The van der Waals surface area contributed by atoms with Crippen molar-refractivity contribution in [1.29, 1.82) is 0 Å². The molecule has 0 aliphatic carbocycles. The van der Waals surface area contributed by atoms with Gasteiger partial charge < -0.3 is 10.2 Å². The van der Waals surface area contributed by atoms with Gasteiger partial charge in [0.2, 0.25) is 11.8 Å². The minimum absolute atomic E-state index is 0.0318. The number of rotatable bonds is 8. The maximum atomic E-state index is 12.2. The van der Waals surface area contributed by atoms with Crippen molar-refractivity contribution in [2.45, 2.75) is 30.2 Å². The number of halogens is 1. The van der Waals surface area contributed by atoms with E-state index < -0.39 is 16.2 Å². The van der Waals surface area contributed by atoms with Crippen molar-refractivity contribution in [3.05, 3.63) is 64.5 Å². The molecule has 10 heteroatoms. The average Bonchev–Trinajstić information content (AvgIpc) is 3.16. The third kappa shape index (κ3) is 5.80. The van der Waals surface area contributed by atoms with E-state index in [0.29, 0.717) is 17.9 Å². The van der Waals surface area contributed by atoms with Gasteiger partial charge in [0.15, 0.2) is 0 Å². The van der Waals surface area contributed by atoms with Crippen molar-refractivity contribution in [3.63, 3.8) is 0 Å². The number of benzene rings is 2. The first kappa shape index (κ1) is 21.3. The van der Waals surface area contributed by atoms with E-state index in [1.165, 1.54) is 18.2 Å². The fourth-order valence-electron chi connectivity index (χ4n) is 2.67. The summed E-state index contributed by atoms with van der Waals surface area (Å²) in [5.41, 5.74) is 7.32. The molecule has 29 heavy (non-hydrogen) atoms. The molecule has 0 radical (unpaired) electrons. The van der Waals surface area contributed by atoms with Gasteiger partial charge >= 0.3 is 0 Å². The van der Waals surface area contributed by atoms with Crippen LogP contribution in [-0.4, -0.2) is 29.0 Å². The number of nitrogens with zero attached hydrogens (tertiary/aromatic N) is 2. The molecule has 152 valence electrons. The van der Waals surface area contributed by atoms with Gasteiger partial charge in [0, 0.05) is 22.9 Å². The quantitative estimate of drug-likeness (QED) is 0.469. The fraction of sp³-hybridized carbons (Fsp3) is 0.211. The molecule has 0 fully saturated rings. The highest BCUT2D eigenvalue weighted by atomic mass is 79.9. The predicted octanol–water partition coefficient (Wildman–Crippen LogP) is 3.34. The normalized spacial score (nSPS) is 12.7. The molecular weight excluding hydrogens is 462 g/mol. The topological polar surface area (TPSA) is 136 Å². The zero-order chi connectivity index (χ0) is 21.0. The molecule has 8 nitrogen and oxygen atoms in total. The molecule has 3 rings (SSSR count). The lowest BCUT2D eigenvalue weighted by molar-refractivity contribution is -0.118. The maximum absolute atomic E-state index is 12.2. The summed E-state index contributed by atoms with van der Waals surface area (Å²) < 4.78 is 38.0. The summed E-state index contributed by atoms with van der Waals surface area (Å²) in [5.74, 6) is 0.459. The number of carbonyl (C=O) groups excluding carboxylic acids is 1. The smallest absolute Gasteiger partial charge is 0.294 e. The van der Waals surface area contributed by atoms with Crippen LogP contribution in [0, 0.1) is 0 Å². The molecule has 0 aliphatic heterocycles. The third-order valence-electron chi connectivity index (χ3n) is 4.18. The van der Waals surface area contributed by atoms with Crippen LogP contribution in [0.4, 0.5) is 0 Å². The molecule has 0 saturated carbocycles. The van der Waals surface area contributed by atoms with Crippen LogP contribution < -0.4 is 5.73 Å². The molecular formula is C19H18BrN3O5S. The van der Waals surface area contributed by atoms with Crippen molar-refractivity contribution in [3.8, 4) is 11.5 Å². The van der Waals surface area contributed by atoms with E-state index in [4.69, 9.17) is 14.7 Å². The number of hydrogen-bond acceptors (Lipinski definition) is 7. The second-order valence-electron chi connectivity index (χ2n) is 6.44. The number of carbonyl (C=O) groups is 1. The Bertz CT molecular complexity index is 1110. The summed E-state index contributed by atoms with van der Waals surface area (Å²) in [6.45, 7) is 0. The number of hydrogen-bond donors (Lipinski definition) is 2. The first-order chi connectivity index (χ1) is 13.7. The highest BCUT2D eigenvalue weighted by molar-refractivity contribution is 9.10. The van der Waals surface area contributed by atoms with Crippen molar-refractivity contribution < 1.29 is 22.2 Å². The first-order valence-corrected chi connectivity index (χ1v) is 10.9. The molecule has 2 aromatic carbocycles. The molecule has 3 N–H and O–H groups in total. The summed E-state index contributed by atoms with van der Waals surface area (Å²) in [4.78, 5) is 12.0. The molecule has 1 heterocycles. The molecule has 0 unspecified atom stereocenters. The molecule has 0 amide bonds. The van der Waals surface area contributed by atoms with Gasteiger partial charge in [-0.25, -0.2) is 0 Å². The van der Waals surface area contributed by atoms with Gasteiger partial charge in [-0.3, -0.25) is 9.35 Å². The first-order valence-electron chi connectivity index (χ1n) is 8.65. The summed E-state index contributed by atoms with van der Waals surface area (Å²) in [5, 5.41) is 7.94. The lowest BCUT2D eigenvalue weighted by Gasteiger charge is -2.07. The monoisotopic (exact) mass is 479 g/mol. The van der Waals surface area contributed by atoms with E-state index in [0.717, 1.165) is 10.0 Å². The zero-order valence-electron chi connectivity index (χ0n) is 15.2. The number of nitrogens with two attached hydrogens (primary N) is 1. The lowest BCUT2D eigenvalue weighted by Crippen LogP contribution is -2.14. The Morgan fingerprint density at radius 1 is 1.17 bits per heavy atom. The molecule has 0 saturated heterocycles. The van der Waals surface area contributed by atoms with Crippen LogP contribution in [0.1, 0.15) is 30.3 Å². The summed E-state index contributed by atoms with van der Waals surface area (Å²) >= 11 is 3.36. The van der Waals surface area contributed by atoms with Crippen LogP contribution in [-0.2, 0) is 21.3 Å². The second-order valence-corrected chi connectivity index (χ2v) is 8.77. The van der Waals surface area contributed by atoms with Crippen molar-refractivity contribution >= 4 is 31.8 Å². The highest BCUT2D eigenvalue weighted by Crippen LogP contribution is 2.23. The second kappa shape index (κ2) is 8.95. The van der Waals surface area contributed by atoms with Gasteiger partial charge in [-0.05, 0) is 48.4 Å². The predicted molar refractivity (Wildman–Crippen MR) is 109 cm³/mol. The van der Waals surface area contributed by atoms with Gasteiger partial charge in [-0.1, -0.05) is 28.1 Å². The van der Waals surface area contributed by atoms with E-state index in [1.807, 2.05) is 24.3 Å². The third-order valence-corrected chi connectivity index (χ3v) is 5.56. The number of Topliss-reactive ketones (excluding diaryl/α,β-unsaturated/α-hetero) is 1. The van der Waals surface area contributed by atoms with E-state index in [-0.39, 0.29) is 29.4 Å². The maximum Gasteiger partial charge on any atom is 0.294 e. The van der Waals surface area contributed by atoms with Gasteiger partial charge in [0.05, 0.1) is 10.9 Å². The summed E-state index contributed by atoms with van der Waals surface area (Å²) in [6, 6.07) is 12.4. The summed E-state index contributed by atoms with van der Waals surface area (Å²) in [6.07, 6.45) is 0.496. The van der Waals surface area contributed by atoms with E-state index in [9.17, 15) is 13.2 Å². The largest absolute Gasteiger partial charge is 0.419 e. The number of aromatic nitrogens is 2. The lowest BCUT2D eigenvalue weighted by atomic mass is 10.0.